The van der Waals surface area contributed by atoms with Crippen molar-refractivity contribution in [3.63, 3.8) is 0 Å². The molecule has 2 aliphatic rings. The van der Waals surface area contributed by atoms with Gasteiger partial charge in [-0.1, -0.05) is 41.9 Å². The number of halogens is 1. The summed E-state index contributed by atoms with van der Waals surface area (Å²) in [5.41, 5.74) is 1.85. The summed E-state index contributed by atoms with van der Waals surface area (Å²) >= 11 is 3.50. The highest BCUT2D eigenvalue weighted by Crippen LogP contribution is 2.53. The van der Waals surface area contributed by atoms with Crippen LogP contribution in [0.2, 0.25) is 0 Å². The summed E-state index contributed by atoms with van der Waals surface area (Å²) in [4.78, 5) is 13.4. The summed E-state index contributed by atoms with van der Waals surface area (Å²) < 4.78 is 7.11. The van der Waals surface area contributed by atoms with E-state index in [1.165, 1.54) is 0 Å². The Labute approximate surface area is 182 Å². The molecule has 2 N–H and O–H groups in total. The molecule has 5 rings (SSSR count). The van der Waals surface area contributed by atoms with Crippen LogP contribution in [-0.2, 0) is 4.79 Å². The summed E-state index contributed by atoms with van der Waals surface area (Å²) in [6.07, 6.45) is 1.07. The maximum Gasteiger partial charge on any atom is 0.163 e. The minimum Gasteiger partial charge on any atom is -0.508 e. The number of carbonyl (C=O) groups excluding carboxylic acids is 1. The van der Waals surface area contributed by atoms with Crippen molar-refractivity contribution in [3.8, 4) is 17.2 Å². The number of phenolic OH excluding ortho intramolecular Hbond substituents is 2. The highest BCUT2D eigenvalue weighted by atomic mass is 79.9. The Morgan fingerprint density at radius 2 is 1.80 bits per heavy atom. The lowest BCUT2D eigenvalue weighted by molar-refractivity contribution is -0.118. The second-order valence-corrected chi connectivity index (χ2v) is 9.81. The Morgan fingerprint density at radius 1 is 1.03 bits per heavy atom. The van der Waals surface area contributed by atoms with Gasteiger partial charge in [0, 0.05) is 39.9 Å². The molecule has 3 aromatic rings. The topological polar surface area (TPSA) is 66.8 Å². The number of hydrogen-bond donors (Lipinski definition) is 2. The van der Waals surface area contributed by atoms with Crippen molar-refractivity contribution in [1.29, 1.82) is 0 Å². The molecule has 0 spiro atoms. The Morgan fingerprint density at radius 3 is 2.60 bits per heavy atom. The smallest absolute Gasteiger partial charge is 0.163 e. The first-order chi connectivity index (χ1) is 14.2. The molecular weight excluding hydrogens is 444 g/mol. The number of fused-ring (bicyclic) bond motifs is 3. The number of hydrogen-bond acceptors (Lipinski definition) is 4. The van der Waals surface area contributed by atoms with Gasteiger partial charge in [-0.2, -0.15) is 0 Å². The number of allylic oxidation sites excluding steroid dienone is 2. The molecule has 1 aliphatic carbocycles. The van der Waals surface area contributed by atoms with E-state index >= 15 is 0 Å². The molecule has 1 unspecified atom stereocenters. The van der Waals surface area contributed by atoms with E-state index in [0.717, 1.165) is 20.8 Å². The number of rotatable bonds is 1. The first kappa shape index (κ1) is 19.2. The van der Waals surface area contributed by atoms with E-state index < -0.39 is 5.92 Å². The lowest BCUT2D eigenvalue weighted by Crippen LogP contribution is -2.33. The molecule has 3 aromatic carbocycles. The molecule has 0 radical (unpaired) electrons. The van der Waals surface area contributed by atoms with E-state index in [-0.39, 0.29) is 22.7 Å². The van der Waals surface area contributed by atoms with Gasteiger partial charge in [0.15, 0.2) is 5.78 Å². The first-order valence-electron chi connectivity index (χ1n) is 9.92. The van der Waals surface area contributed by atoms with Gasteiger partial charge in [0.2, 0.25) is 0 Å². The second kappa shape index (κ2) is 6.61. The molecule has 0 aromatic heterocycles. The Kier molecular flexibility index (Phi) is 4.23. The van der Waals surface area contributed by atoms with Crippen LogP contribution in [0.5, 0.6) is 17.2 Å². The average molecular weight is 465 g/mol. The van der Waals surface area contributed by atoms with Crippen molar-refractivity contribution < 1.29 is 19.7 Å². The minimum atomic E-state index is -0.477. The maximum absolute atomic E-state index is 13.4. The number of Topliss-reactive ketones (excluding diaryl/α,β-unsaturated/α-hetero) is 1. The highest BCUT2D eigenvalue weighted by Gasteiger charge is 2.43. The number of carbonyl (C=O) groups is 1. The molecule has 1 atom stereocenters. The summed E-state index contributed by atoms with van der Waals surface area (Å²) in [5, 5.41) is 22.7. The number of ketones is 1. The van der Waals surface area contributed by atoms with E-state index in [9.17, 15) is 15.0 Å². The minimum absolute atomic E-state index is 0.0356. The molecule has 0 saturated carbocycles. The quantitative estimate of drug-likeness (QED) is 0.451. The zero-order valence-electron chi connectivity index (χ0n) is 16.7. The molecule has 0 fully saturated rings. The predicted octanol–water partition coefficient (Wildman–Crippen LogP) is 6.18. The van der Waals surface area contributed by atoms with Crippen LogP contribution in [-0.4, -0.2) is 16.0 Å². The monoisotopic (exact) mass is 464 g/mol. The van der Waals surface area contributed by atoms with Crippen LogP contribution in [0, 0.1) is 5.41 Å². The fraction of sp³-hybridized carbons (Fsp3) is 0.240. The van der Waals surface area contributed by atoms with Crippen LogP contribution >= 0.6 is 15.9 Å². The third-order valence-electron chi connectivity index (χ3n) is 6.00. The molecule has 152 valence electrons. The molecular formula is C25H21BrO4. The lowest BCUT2D eigenvalue weighted by atomic mass is 9.69. The number of ether oxygens (including phenoxy) is 1. The molecule has 5 heteroatoms. The van der Waals surface area contributed by atoms with Gasteiger partial charge >= 0.3 is 0 Å². The third kappa shape index (κ3) is 3.00. The van der Waals surface area contributed by atoms with Crippen LogP contribution < -0.4 is 4.74 Å². The molecule has 0 amide bonds. The van der Waals surface area contributed by atoms with E-state index in [1.807, 2.05) is 24.3 Å². The summed E-state index contributed by atoms with van der Waals surface area (Å²) in [7, 11) is 0. The van der Waals surface area contributed by atoms with Crippen LogP contribution in [0.15, 0.2) is 64.3 Å². The van der Waals surface area contributed by atoms with Crippen molar-refractivity contribution >= 4 is 32.5 Å². The van der Waals surface area contributed by atoms with Crippen LogP contribution in [0.25, 0.3) is 10.8 Å². The van der Waals surface area contributed by atoms with Crippen molar-refractivity contribution in [1.82, 2.24) is 0 Å². The average Bonchev–Trinajstić information content (AvgIpc) is 2.67. The standard InChI is InChI=1S/C25H21BrO4/c1-25(2)11-19(29)24-21(12-25)30-20-8-4-13-3-6-15(27)10-16(13)22(20)23(24)17-9-14(26)5-7-18(17)28/h3-10,23,27-28H,11-12H2,1-2H3. The zero-order valence-corrected chi connectivity index (χ0v) is 18.3. The normalized spacial score (nSPS) is 20.0. The third-order valence-corrected chi connectivity index (χ3v) is 6.49. The number of aromatic hydroxyl groups is 2. The van der Waals surface area contributed by atoms with Gasteiger partial charge in [0.1, 0.15) is 23.0 Å². The van der Waals surface area contributed by atoms with E-state index in [1.54, 1.807) is 24.3 Å². The highest BCUT2D eigenvalue weighted by molar-refractivity contribution is 9.10. The van der Waals surface area contributed by atoms with Gasteiger partial charge in [-0.25, -0.2) is 0 Å². The summed E-state index contributed by atoms with van der Waals surface area (Å²) in [5.74, 6) is 1.15. The van der Waals surface area contributed by atoms with Gasteiger partial charge in [0.25, 0.3) is 0 Å². The van der Waals surface area contributed by atoms with Gasteiger partial charge in [-0.15, -0.1) is 0 Å². The van der Waals surface area contributed by atoms with Crippen LogP contribution in [0.3, 0.4) is 0 Å². The van der Waals surface area contributed by atoms with Crippen molar-refractivity contribution in [2.24, 2.45) is 5.41 Å². The predicted molar refractivity (Wildman–Crippen MR) is 119 cm³/mol. The van der Waals surface area contributed by atoms with E-state index in [2.05, 4.69) is 29.8 Å². The fourth-order valence-electron chi connectivity index (χ4n) is 4.73. The SMILES string of the molecule is CC1(C)CC(=O)C2=C(C1)Oc1ccc3ccc(O)cc3c1C2c1cc(Br)ccc1O. The molecule has 30 heavy (non-hydrogen) atoms. The molecule has 1 aliphatic heterocycles. The Balaban J connectivity index is 1.87. The number of phenols is 2. The summed E-state index contributed by atoms with van der Waals surface area (Å²) in [6.45, 7) is 4.13. The van der Waals surface area contributed by atoms with E-state index in [4.69, 9.17) is 4.74 Å². The van der Waals surface area contributed by atoms with Gasteiger partial charge in [0.05, 0.1) is 0 Å². The first-order valence-corrected chi connectivity index (χ1v) is 10.7. The number of benzene rings is 3. The molecule has 1 heterocycles. The summed E-state index contributed by atoms with van der Waals surface area (Å²) in [6, 6.07) is 14.3. The largest absolute Gasteiger partial charge is 0.508 e. The fourth-order valence-corrected chi connectivity index (χ4v) is 5.11. The van der Waals surface area contributed by atoms with Crippen LogP contribution in [0.1, 0.15) is 43.7 Å². The van der Waals surface area contributed by atoms with Gasteiger partial charge in [-0.05, 0) is 52.6 Å². The van der Waals surface area contributed by atoms with Gasteiger partial charge in [-0.3, -0.25) is 4.79 Å². The van der Waals surface area contributed by atoms with E-state index in [0.29, 0.717) is 35.5 Å². The van der Waals surface area contributed by atoms with Crippen molar-refractivity contribution in [2.75, 3.05) is 0 Å². The maximum atomic E-state index is 13.4. The van der Waals surface area contributed by atoms with Crippen molar-refractivity contribution in [2.45, 2.75) is 32.6 Å². The second-order valence-electron chi connectivity index (χ2n) is 8.90. The van der Waals surface area contributed by atoms with Crippen LogP contribution in [0.4, 0.5) is 0 Å². The van der Waals surface area contributed by atoms with Gasteiger partial charge < -0.3 is 14.9 Å². The lowest BCUT2D eigenvalue weighted by Gasteiger charge is -2.39. The zero-order chi connectivity index (χ0) is 21.2. The Bertz CT molecular complexity index is 1260. The molecule has 0 bridgehead atoms. The molecule has 0 saturated heterocycles. The Hall–Kier alpha value is -2.79. The molecule has 4 nitrogen and oxygen atoms in total. The van der Waals surface area contributed by atoms with Crippen molar-refractivity contribution in [3.05, 3.63) is 75.5 Å².